The van der Waals surface area contributed by atoms with E-state index in [1.165, 1.54) is 6.07 Å². The Morgan fingerprint density at radius 2 is 2.00 bits per heavy atom. The van der Waals surface area contributed by atoms with Gasteiger partial charge in [0.25, 0.3) is 0 Å². The number of hydrogen-bond donors (Lipinski definition) is 2. The summed E-state index contributed by atoms with van der Waals surface area (Å²) in [7, 11) is 0. The molecule has 3 N–H and O–H groups in total. The summed E-state index contributed by atoms with van der Waals surface area (Å²) >= 11 is 12.1. The first-order valence-electron chi connectivity index (χ1n) is 6.51. The van der Waals surface area contributed by atoms with E-state index in [-0.39, 0.29) is 6.04 Å². The molecule has 0 bridgehead atoms. The third-order valence-electron chi connectivity index (χ3n) is 3.00. The fourth-order valence-electron chi connectivity index (χ4n) is 1.77. The van der Waals surface area contributed by atoms with Crippen LogP contribution in [0.25, 0.3) is 0 Å². The Kier molecular flexibility index (Phi) is 6.59. The molecule has 4 nitrogen and oxygen atoms in total. The lowest BCUT2D eigenvalue weighted by atomic mass is 10.0. The first-order chi connectivity index (χ1) is 9.38. The highest BCUT2D eigenvalue weighted by Gasteiger charge is 2.21. The van der Waals surface area contributed by atoms with Crippen LogP contribution >= 0.6 is 23.2 Å². The molecule has 0 amide bonds. The Bertz CT molecular complexity index is 480. The van der Waals surface area contributed by atoms with Crippen molar-refractivity contribution in [1.82, 2.24) is 0 Å². The summed E-state index contributed by atoms with van der Waals surface area (Å²) in [6.45, 7) is 3.71. The van der Waals surface area contributed by atoms with Gasteiger partial charge < -0.3 is 15.6 Å². The number of halogens is 2. The highest BCUT2D eigenvalue weighted by molar-refractivity contribution is 6.35. The molecular formula is C14H19Cl2NO3. The van der Waals surface area contributed by atoms with Gasteiger partial charge in [-0.2, -0.15) is 0 Å². The summed E-state index contributed by atoms with van der Waals surface area (Å²) in [4.78, 5) is 11.1. The van der Waals surface area contributed by atoms with Crippen molar-refractivity contribution in [3.8, 4) is 5.75 Å². The molecule has 20 heavy (non-hydrogen) atoms. The molecule has 0 aliphatic heterocycles. The number of nitrogens with two attached hydrogens (primary N) is 1. The molecule has 0 aliphatic rings. The van der Waals surface area contributed by atoms with Gasteiger partial charge >= 0.3 is 5.97 Å². The predicted octanol–water partition coefficient (Wildman–Crippen LogP) is 3.52. The van der Waals surface area contributed by atoms with Gasteiger partial charge in [-0.3, -0.25) is 0 Å². The van der Waals surface area contributed by atoms with Gasteiger partial charge in [0.15, 0.2) is 6.10 Å². The van der Waals surface area contributed by atoms with E-state index in [9.17, 15) is 4.79 Å². The number of benzene rings is 1. The second-order valence-electron chi connectivity index (χ2n) is 4.60. The monoisotopic (exact) mass is 319 g/mol. The molecule has 0 aliphatic carbocycles. The van der Waals surface area contributed by atoms with Crippen LogP contribution in [0.5, 0.6) is 5.75 Å². The van der Waals surface area contributed by atoms with Crippen LogP contribution in [0.4, 0.5) is 0 Å². The maximum Gasteiger partial charge on any atom is 0.344 e. The molecule has 0 spiro atoms. The number of aliphatic carboxylic acids is 1. The molecule has 0 heterocycles. The van der Waals surface area contributed by atoms with E-state index in [1.54, 1.807) is 13.0 Å². The predicted molar refractivity (Wildman–Crippen MR) is 80.8 cm³/mol. The lowest BCUT2D eigenvalue weighted by Crippen LogP contribution is -2.27. The van der Waals surface area contributed by atoms with Crippen molar-refractivity contribution in [2.75, 3.05) is 0 Å². The average Bonchev–Trinajstić information content (AvgIpc) is 2.37. The second kappa shape index (κ2) is 7.72. The van der Waals surface area contributed by atoms with Crippen LogP contribution in [0.2, 0.25) is 10.0 Å². The average molecular weight is 320 g/mol. The quantitative estimate of drug-likeness (QED) is 0.806. The summed E-state index contributed by atoms with van der Waals surface area (Å²) in [5.41, 5.74) is 6.67. The molecule has 2 atom stereocenters. The molecule has 2 unspecified atom stereocenters. The summed E-state index contributed by atoms with van der Waals surface area (Å²) in [6, 6.07) is 3.19. The lowest BCUT2D eigenvalue weighted by molar-refractivity contribution is -0.145. The van der Waals surface area contributed by atoms with Crippen molar-refractivity contribution in [3.05, 3.63) is 27.7 Å². The zero-order chi connectivity index (χ0) is 15.3. The van der Waals surface area contributed by atoms with Crippen molar-refractivity contribution in [2.24, 2.45) is 5.73 Å². The Morgan fingerprint density at radius 3 is 2.50 bits per heavy atom. The topological polar surface area (TPSA) is 72.5 Å². The molecule has 1 aromatic rings. The van der Waals surface area contributed by atoms with Crippen molar-refractivity contribution >= 4 is 29.2 Å². The summed E-state index contributed by atoms with van der Waals surface area (Å²) in [6.07, 6.45) is 0.723. The first-order valence-corrected chi connectivity index (χ1v) is 7.27. The zero-order valence-corrected chi connectivity index (χ0v) is 13.0. The molecule has 6 heteroatoms. The van der Waals surface area contributed by atoms with Crippen LogP contribution in [0.15, 0.2) is 12.1 Å². The van der Waals surface area contributed by atoms with E-state index >= 15 is 0 Å². The largest absolute Gasteiger partial charge is 0.479 e. The van der Waals surface area contributed by atoms with E-state index in [4.69, 9.17) is 38.8 Å². The Morgan fingerprint density at radius 1 is 1.35 bits per heavy atom. The van der Waals surface area contributed by atoms with E-state index in [0.717, 1.165) is 12.0 Å². The van der Waals surface area contributed by atoms with Gasteiger partial charge in [0.2, 0.25) is 0 Å². The van der Waals surface area contributed by atoms with Gasteiger partial charge in [0.1, 0.15) is 5.75 Å². The summed E-state index contributed by atoms with van der Waals surface area (Å²) in [5, 5.41) is 9.86. The minimum absolute atomic E-state index is 0.0585. The Balaban J connectivity index is 3.12. The molecule has 0 saturated carbocycles. The van der Waals surface area contributed by atoms with Crippen LogP contribution in [0.3, 0.4) is 0 Å². The number of carboxylic acid groups (broad SMARTS) is 1. The van der Waals surface area contributed by atoms with Crippen LogP contribution < -0.4 is 10.5 Å². The normalized spacial score (nSPS) is 13.8. The number of carbonyl (C=O) groups is 1. The summed E-state index contributed by atoms with van der Waals surface area (Å²) in [5.74, 6) is -0.668. The summed E-state index contributed by atoms with van der Waals surface area (Å²) < 4.78 is 5.54. The smallest absolute Gasteiger partial charge is 0.344 e. The third-order valence-corrected chi connectivity index (χ3v) is 3.50. The minimum Gasteiger partial charge on any atom is -0.479 e. The van der Waals surface area contributed by atoms with Gasteiger partial charge in [0, 0.05) is 11.1 Å². The maximum absolute atomic E-state index is 11.1. The standard InChI is InChI=1S/C14H19Cl2NO3/c1-3-10(17)6-8-5-9(15)7-11(16)13(8)20-12(4-2)14(18)19/h5,7,10,12H,3-4,6,17H2,1-2H3,(H,18,19). The van der Waals surface area contributed by atoms with Gasteiger partial charge in [-0.15, -0.1) is 0 Å². The van der Waals surface area contributed by atoms with Crippen LogP contribution in [-0.2, 0) is 11.2 Å². The molecule has 0 radical (unpaired) electrons. The highest BCUT2D eigenvalue weighted by Crippen LogP contribution is 2.34. The van der Waals surface area contributed by atoms with E-state index < -0.39 is 12.1 Å². The molecule has 0 fully saturated rings. The molecule has 1 rings (SSSR count). The first kappa shape index (κ1) is 17.1. The maximum atomic E-state index is 11.1. The minimum atomic E-state index is -1.02. The molecular weight excluding hydrogens is 301 g/mol. The van der Waals surface area contributed by atoms with Crippen LogP contribution in [-0.4, -0.2) is 23.2 Å². The fraction of sp³-hybridized carbons (Fsp3) is 0.500. The molecule has 0 aromatic heterocycles. The van der Waals surface area contributed by atoms with Gasteiger partial charge in [0.05, 0.1) is 5.02 Å². The van der Waals surface area contributed by atoms with Crippen LogP contribution in [0, 0.1) is 0 Å². The van der Waals surface area contributed by atoms with Crippen LogP contribution in [0.1, 0.15) is 32.3 Å². The van der Waals surface area contributed by atoms with E-state index in [1.807, 2.05) is 6.92 Å². The number of hydrogen-bond acceptors (Lipinski definition) is 3. The van der Waals surface area contributed by atoms with Crippen molar-refractivity contribution in [1.29, 1.82) is 0 Å². The highest BCUT2D eigenvalue weighted by atomic mass is 35.5. The third kappa shape index (κ3) is 4.54. The Hall–Kier alpha value is -0.970. The van der Waals surface area contributed by atoms with Crippen molar-refractivity contribution in [3.63, 3.8) is 0 Å². The Labute approximate surface area is 128 Å². The van der Waals surface area contributed by atoms with Crippen molar-refractivity contribution < 1.29 is 14.6 Å². The number of rotatable bonds is 7. The molecule has 0 saturated heterocycles. The van der Waals surface area contributed by atoms with E-state index in [0.29, 0.717) is 28.6 Å². The SMILES string of the molecule is CCC(N)Cc1cc(Cl)cc(Cl)c1OC(CC)C(=O)O. The number of carboxylic acids is 1. The molecule has 112 valence electrons. The van der Waals surface area contributed by atoms with Gasteiger partial charge in [-0.05, 0) is 37.0 Å². The van der Waals surface area contributed by atoms with Crippen molar-refractivity contribution in [2.45, 2.75) is 45.3 Å². The zero-order valence-electron chi connectivity index (χ0n) is 11.5. The fourth-order valence-corrected chi connectivity index (χ4v) is 2.35. The van der Waals surface area contributed by atoms with Gasteiger partial charge in [-0.1, -0.05) is 37.0 Å². The van der Waals surface area contributed by atoms with E-state index in [2.05, 4.69) is 0 Å². The lowest BCUT2D eigenvalue weighted by Gasteiger charge is -2.19. The molecule has 1 aromatic carbocycles. The number of ether oxygens (including phenoxy) is 1. The second-order valence-corrected chi connectivity index (χ2v) is 5.44. The van der Waals surface area contributed by atoms with Gasteiger partial charge in [-0.25, -0.2) is 4.79 Å².